The van der Waals surface area contributed by atoms with Crippen LogP contribution in [0.2, 0.25) is 0 Å². The highest BCUT2D eigenvalue weighted by Crippen LogP contribution is 2.50. The zero-order valence-electron chi connectivity index (χ0n) is 29.0. The van der Waals surface area contributed by atoms with Crippen molar-refractivity contribution in [1.82, 2.24) is 10.3 Å². The van der Waals surface area contributed by atoms with E-state index in [-0.39, 0.29) is 33.8 Å². The molecule has 0 saturated heterocycles. The Hall–Kier alpha value is -5.43. The van der Waals surface area contributed by atoms with Gasteiger partial charge in [0, 0.05) is 12.5 Å². The Bertz CT molecular complexity index is 1980. The van der Waals surface area contributed by atoms with E-state index in [1.807, 2.05) is 50.2 Å². The lowest BCUT2D eigenvalue weighted by molar-refractivity contribution is -0.120. The van der Waals surface area contributed by atoms with Gasteiger partial charge in [-0.1, -0.05) is 61.6 Å². The molecule has 2 amide bonds. The molecule has 3 aromatic carbocycles. The van der Waals surface area contributed by atoms with Gasteiger partial charge in [-0.05, 0) is 59.2 Å². The Morgan fingerprint density at radius 1 is 0.940 bits per heavy atom. The van der Waals surface area contributed by atoms with Crippen LogP contribution in [-0.2, 0) is 20.7 Å². The maximum atomic E-state index is 13.9. The number of ether oxygens (including phenoxy) is 4. The topological polar surface area (TPSA) is 154 Å². The van der Waals surface area contributed by atoms with Crippen molar-refractivity contribution in [2.45, 2.75) is 45.7 Å². The first kappa shape index (κ1) is 35.9. The number of nitrogens with zero attached hydrogens (tertiary/aromatic N) is 1. The van der Waals surface area contributed by atoms with E-state index in [1.165, 1.54) is 34.3 Å². The highest BCUT2D eigenvalue weighted by Gasteiger charge is 2.31. The highest BCUT2D eigenvalue weighted by atomic mass is 32.1. The molecule has 1 aliphatic rings. The van der Waals surface area contributed by atoms with Crippen molar-refractivity contribution in [3.05, 3.63) is 81.6 Å². The average molecular weight is 701 g/mol. The summed E-state index contributed by atoms with van der Waals surface area (Å²) >= 11 is 1.15. The van der Waals surface area contributed by atoms with E-state index < -0.39 is 24.0 Å². The lowest BCUT2D eigenvalue weighted by Crippen LogP contribution is -2.39. The number of methoxy groups -OCH3 is 4. The van der Waals surface area contributed by atoms with E-state index in [0.717, 1.165) is 22.5 Å². The number of hydrogen-bond acceptors (Lipinski definition) is 11. The molecule has 2 atom stereocenters. The van der Waals surface area contributed by atoms with E-state index in [4.69, 9.17) is 18.9 Å². The van der Waals surface area contributed by atoms with Crippen LogP contribution < -0.4 is 35.6 Å². The van der Waals surface area contributed by atoms with Crippen molar-refractivity contribution >= 4 is 39.9 Å². The molecule has 0 radical (unpaired) electrons. The first-order valence-electron chi connectivity index (χ1n) is 16.0. The number of carbonyl (C=O) groups excluding carboxylic acids is 3. The fourth-order valence-corrected chi connectivity index (χ4v) is 7.07. The fraction of sp³-hybridized carbons (Fsp3) is 0.324. The zero-order chi connectivity index (χ0) is 36.1. The van der Waals surface area contributed by atoms with Crippen LogP contribution in [0, 0.1) is 5.92 Å². The third-order valence-corrected chi connectivity index (χ3v) is 9.47. The van der Waals surface area contributed by atoms with Gasteiger partial charge in [-0.3, -0.25) is 14.4 Å². The monoisotopic (exact) mass is 700 g/mol. The molecular formula is C37H40N4O8S. The molecule has 0 spiro atoms. The molecule has 0 aliphatic heterocycles. The number of fused-ring (bicyclic) bond motifs is 3. The van der Waals surface area contributed by atoms with Gasteiger partial charge >= 0.3 is 5.97 Å². The van der Waals surface area contributed by atoms with Gasteiger partial charge in [-0.25, -0.2) is 9.78 Å². The van der Waals surface area contributed by atoms with Crippen molar-refractivity contribution in [1.29, 1.82) is 0 Å². The van der Waals surface area contributed by atoms with Crippen LogP contribution in [0.5, 0.6) is 17.2 Å². The van der Waals surface area contributed by atoms with Crippen LogP contribution in [-0.4, -0.2) is 57.2 Å². The van der Waals surface area contributed by atoms with Gasteiger partial charge in [-0.2, -0.15) is 0 Å². The van der Waals surface area contributed by atoms with Gasteiger partial charge in [0.15, 0.2) is 22.3 Å². The normalized spacial score (nSPS) is 14.0. The first-order valence-corrected chi connectivity index (χ1v) is 16.8. The SMILES string of the molecule is COC(=O)c1nc(NC(=O)[C@@H](Nc2ccc3c(cc2=O)[C@@H](NC(C)=O)CCc2cc(OC)c(OC)c(OC)c2-3)C(C)C)sc1-c1ccccc1. The van der Waals surface area contributed by atoms with Crippen LogP contribution in [0.3, 0.4) is 0 Å². The standard InChI is InChI=1S/C37H40N4O8S/c1-19(2)30(35(44)41-37-40-31(36(45)49-7)34(50-37)21-11-9-8-10-12-21)39-26-16-14-23-24(18-27(26)43)25(38-20(3)42)15-13-22-17-28(46-4)32(47-5)33(48-6)29(22)23/h8-12,14,16-19,25,30H,13,15H2,1-7H3,(H,38,42)(H,39,43)(H,40,41,44)/t25-,30-/m0/s1. The van der Waals surface area contributed by atoms with E-state index in [9.17, 15) is 19.2 Å². The number of anilines is 2. The maximum Gasteiger partial charge on any atom is 0.358 e. The first-order chi connectivity index (χ1) is 24.0. The largest absolute Gasteiger partial charge is 0.493 e. The lowest BCUT2D eigenvalue weighted by atomic mass is 9.95. The minimum absolute atomic E-state index is 0.0881. The molecule has 50 heavy (non-hydrogen) atoms. The molecule has 0 fully saturated rings. The number of amides is 2. The molecule has 5 rings (SSSR count). The molecule has 1 aromatic heterocycles. The predicted molar refractivity (Wildman–Crippen MR) is 192 cm³/mol. The number of hydrogen-bond donors (Lipinski definition) is 3. The number of rotatable bonds is 11. The third kappa shape index (κ3) is 7.27. The van der Waals surface area contributed by atoms with Crippen LogP contribution in [0.1, 0.15) is 54.8 Å². The summed E-state index contributed by atoms with van der Waals surface area (Å²) in [6.07, 6.45) is 1.07. The van der Waals surface area contributed by atoms with Gasteiger partial charge in [0.1, 0.15) is 6.04 Å². The maximum absolute atomic E-state index is 13.9. The summed E-state index contributed by atoms with van der Waals surface area (Å²) in [7, 11) is 5.88. The fourth-order valence-electron chi connectivity index (χ4n) is 6.11. The second-order valence-electron chi connectivity index (χ2n) is 12.0. The Morgan fingerprint density at radius 2 is 1.66 bits per heavy atom. The molecule has 3 N–H and O–H groups in total. The number of carbonyl (C=O) groups is 3. The summed E-state index contributed by atoms with van der Waals surface area (Å²) in [6, 6.07) is 14.7. The summed E-state index contributed by atoms with van der Waals surface area (Å²) in [5.74, 6) is -0.253. The van der Waals surface area contributed by atoms with Gasteiger partial charge in [0.25, 0.3) is 0 Å². The smallest absolute Gasteiger partial charge is 0.358 e. The number of esters is 1. The molecule has 12 nitrogen and oxygen atoms in total. The minimum atomic E-state index is -0.868. The van der Waals surface area contributed by atoms with E-state index in [0.29, 0.717) is 51.7 Å². The summed E-state index contributed by atoms with van der Waals surface area (Å²) in [6.45, 7) is 5.14. The quantitative estimate of drug-likeness (QED) is 0.163. The predicted octanol–water partition coefficient (Wildman–Crippen LogP) is 5.85. The highest BCUT2D eigenvalue weighted by molar-refractivity contribution is 7.19. The van der Waals surface area contributed by atoms with Crippen molar-refractivity contribution in [2.24, 2.45) is 5.92 Å². The van der Waals surface area contributed by atoms with Gasteiger partial charge < -0.3 is 34.9 Å². The van der Waals surface area contributed by atoms with E-state index >= 15 is 0 Å². The Labute approximate surface area is 294 Å². The van der Waals surface area contributed by atoms with Crippen molar-refractivity contribution < 1.29 is 33.3 Å². The van der Waals surface area contributed by atoms with Gasteiger partial charge in [0.2, 0.25) is 23.0 Å². The number of thiazole rings is 1. The Kier molecular flexibility index (Phi) is 11.1. The molecular weight excluding hydrogens is 660 g/mol. The van der Waals surface area contributed by atoms with Crippen molar-refractivity contribution in [3.63, 3.8) is 0 Å². The lowest BCUT2D eigenvalue weighted by Gasteiger charge is -2.21. The summed E-state index contributed by atoms with van der Waals surface area (Å²) in [5.41, 5.74) is 3.51. The van der Waals surface area contributed by atoms with Crippen LogP contribution in [0.15, 0.2) is 59.4 Å². The summed E-state index contributed by atoms with van der Waals surface area (Å²) in [5, 5.41) is 9.20. The minimum Gasteiger partial charge on any atom is -0.493 e. The number of nitrogens with one attached hydrogen (secondary N) is 3. The number of aromatic nitrogens is 1. The van der Waals surface area contributed by atoms with Gasteiger partial charge in [0.05, 0.1) is 45.0 Å². The Balaban J connectivity index is 1.56. The van der Waals surface area contributed by atoms with Crippen molar-refractivity contribution in [3.8, 4) is 38.8 Å². The van der Waals surface area contributed by atoms with Crippen LogP contribution in [0.25, 0.3) is 21.6 Å². The van der Waals surface area contributed by atoms with E-state index in [1.54, 1.807) is 19.2 Å². The molecule has 13 heteroatoms. The number of aryl methyl sites for hydroxylation is 1. The van der Waals surface area contributed by atoms with Crippen LogP contribution in [0.4, 0.5) is 10.8 Å². The molecule has 0 bridgehead atoms. The third-order valence-electron chi connectivity index (χ3n) is 8.45. The van der Waals surface area contributed by atoms with E-state index in [2.05, 4.69) is 20.9 Å². The molecule has 1 aliphatic carbocycles. The molecule has 4 aromatic rings. The Morgan fingerprint density at radius 3 is 2.28 bits per heavy atom. The van der Waals surface area contributed by atoms with Gasteiger partial charge in [-0.15, -0.1) is 0 Å². The van der Waals surface area contributed by atoms with Crippen molar-refractivity contribution in [2.75, 3.05) is 39.1 Å². The molecule has 262 valence electrons. The zero-order valence-corrected chi connectivity index (χ0v) is 29.8. The molecule has 0 unspecified atom stereocenters. The summed E-state index contributed by atoms with van der Waals surface area (Å²) < 4.78 is 22.1. The second kappa shape index (κ2) is 15.4. The molecule has 1 heterocycles. The molecule has 0 saturated carbocycles. The average Bonchev–Trinajstić information content (AvgIpc) is 3.38. The van der Waals surface area contributed by atoms with Crippen LogP contribution >= 0.6 is 11.3 Å². The summed E-state index contributed by atoms with van der Waals surface area (Å²) in [4.78, 5) is 57.6. The second-order valence-corrected chi connectivity index (χ2v) is 13.0. The number of benzene rings is 2.